The van der Waals surface area contributed by atoms with E-state index in [1.807, 2.05) is 6.92 Å². The molecule has 8 heteroatoms. The van der Waals surface area contributed by atoms with E-state index in [1.165, 1.54) is 12.1 Å². The van der Waals surface area contributed by atoms with Gasteiger partial charge in [-0.2, -0.15) is 5.26 Å². The highest BCUT2D eigenvalue weighted by Crippen LogP contribution is 2.31. The second-order valence-corrected chi connectivity index (χ2v) is 5.64. The van der Waals surface area contributed by atoms with E-state index in [9.17, 15) is 15.2 Å². The molecule has 0 saturated heterocycles. The highest BCUT2D eigenvalue weighted by molar-refractivity contribution is 5.89. The van der Waals surface area contributed by atoms with Crippen LogP contribution in [0.5, 0.6) is 0 Å². The van der Waals surface area contributed by atoms with Gasteiger partial charge in [-0.25, -0.2) is 19.7 Å². The summed E-state index contributed by atoms with van der Waals surface area (Å²) in [5.74, 6) is -0.497. The number of carboxylic acid groups (broad SMARTS) is 1. The summed E-state index contributed by atoms with van der Waals surface area (Å²) in [4.78, 5) is 23.9. The maximum atomic E-state index is 11.2. The van der Waals surface area contributed by atoms with Crippen molar-refractivity contribution in [3.8, 4) is 28.5 Å². The normalized spacial score (nSPS) is 10.2. The topological polar surface area (TPSA) is 138 Å². The van der Waals surface area contributed by atoms with Crippen molar-refractivity contribution in [3.63, 3.8) is 0 Å². The minimum atomic E-state index is -1.04. The van der Waals surface area contributed by atoms with Crippen LogP contribution >= 0.6 is 0 Å². The van der Waals surface area contributed by atoms with Gasteiger partial charge < -0.3 is 16.2 Å². The molecule has 0 unspecified atom stereocenters. The third-order valence-electron chi connectivity index (χ3n) is 3.86. The van der Waals surface area contributed by atoms with E-state index in [-0.39, 0.29) is 16.9 Å². The fraction of sp³-hybridized carbons (Fsp3) is 0.105. The summed E-state index contributed by atoms with van der Waals surface area (Å²) in [6, 6.07) is 10.1. The summed E-state index contributed by atoms with van der Waals surface area (Å²) in [6.07, 6.45) is 3.19. The molecule has 2 heterocycles. The zero-order valence-electron chi connectivity index (χ0n) is 14.5. The molecule has 1 aromatic carbocycles. The molecule has 134 valence electrons. The van der Waals surface area contributed by atoms with Crippen molar-refractivity contribution < 1.29 is 9.90 Å². The lowest BCUT2D eigenvalue weighted by Gasteiger charge is -2.11. The second kappa shape index (κ2) is 7.49. The highest BCUT2D eigenvalue weighted by Gasteiger charge is 2.15. The molecule has 2 aromatic heterocycles. The van der Waals surface area contributed by atoms with E-state index < -0.39 is 5.97 Å². The molecule has 0 spiro atoms. The Kier molecular flexibility index (Phi) is 4.95. The van der Waals surface area contributed by atoms with Crippen molar-refractivity contribution in [2.75, 3.05) is 17.6 Å². The molecule has 0 bridgehead atoms. The van der Waals surface area contributed by atoms with Gasteiger partial charge in [-0.3, -0.25) is 0 Å². The molecule has 4 N–H and O–H groups in total. The molecule has 0 atom stereocenters. The lowest BCUT2D eigenvalue weighted by atomic mass is 10.00. The number of hydrogen-bond acceptors (Lipinski definition) is 7. The van der Waals surface area contributed by atoms with Crippen LogP contribution in [0.4, 0.5) is 11.8 Å². The average molecular weight is 360 g/mol. The third-order valence-corrected chi connectivity index (χ3v) is 3.86. The first-order valence-corrected chi connectivity index (χ1v) is 8.14. The number of nitrogen functional groups attached to an aromatic ring is 1. The number of nitrogens with zero attached hydrogens (tertiary/aromatic N) is 4. The van der Waals surface area contributed by atoms with E-state index in [2.05, 4.69) is 26.3 Å². The van der Waals surface area contributed by atoms with Crippen LogP contribution in [0.2, 0.25) is 0 Å². The van der Waals surface area contributed by atoms with Crippen LogP contribution in [0.3, 0.4) is 0 Å². The SMILES string of the molecule is CCNc1ncc(-c2cc(-c3cccc(C(=O)O)c3)nc(N)c2C#N)cn1. The maximum absolute atomic E-state index is 11.2. The minimum absolute atomic E-state index is 0.0569. The molecule has 0 fully saturated rings. The van der Waals surface area contributed by atoms with Crippen LogP contribution in [0.1, 0.15) is 22.8 Å². The quantitative estimate of drug-likeness (QED) is 0.631. The Hall–Kier alpha value is -3.99. The number of aromatic nitrogens is 3. The van der Waals surface area contributed by atoms with E-state index in [1.54, 1.807) is 30.6 Å². The molecular formula is C19H16N6O2. The number of hydrogen-bond donors (Lipinski definition) is 3. The number of rotatable bonds is 5. The van der Waals surface area contributed by atoms with E-state index >= 15 is 0 Å². The highest BCUT2D eigenvalue weighted by atomic mass is 16.4. The number of anilines is 2. The van der Waals surface area contributed by atoms with Crippen molar-refractivity contribution in [1.29, 1.82) is 5.26 Å². The molecular weight excluding hydrogens is 344 g/mol. The molecule has 3 rings (SSSR count). The standard InChI is InChI=1S/C19H16N6O2/c1-2-22-19-23-9-13(10-24-19)14-7-16(25-17(21)15(14)8-20)11-4-3-5-12(6-11)18(26)27/h3-7,9-10H,2H2,1H3,(H2,21,25)(H,26,27)(H,22,23,24). The van der Waals surface area contributed by atoms with E-state index in [0.29, 0.717) is 34.9 Å². The van der Waals surface area contributed by atoms with Gasteiger partial charge >= 0.3 is 5.97 Å². The molecule has 0 amide bonds. The van der Waals surface area contributed by atoms with Gasteiger partial charge in [0.05, 0.1) is 11.3 Å². The first kappa shape index (κ1) is 17.8. The van der Waals surface area contributed by atoms with Crippen molar-refractivity contribution in [2.24, 2.45) is 0 Å². The Morgan fingerprint density at radius 2 is 2.00 bits per heavy atom. The van der Waals surface area contributed by atoms with Crippen LogP contribution < -0.4 is 11.1 Å². The molecule has 0 radical (unpaired) electrons. The Bertz CT molecular complexity index is 1040. The lowest BCUT2D eigenvalue weighted by molar-refractivity contribution is 0.0697. The van der Waals surface area contributed by atoms with Crippen LogP contribution in [0, 0.1) is 11.3 Å². The first-order valence-electron chi connectivity index (χ1n) is 8.14. The molecule has 0 aliphatic rings. The number of nitriles is 1. The first-order chi connectivity index (χ1) is 13.0. The predicted octanol–water partition coefficient (Wildman–Crippen LogP) is 2.79. The summed E-state index contributed by atoms with van der Waals surface area (Å²) in [5.41, 5.74) is 8.51. The number of aromatic carboxylic acids is 1. The number of carbonyl (C=O) groups is 1. The van der Waals surface area contributed by atoms with Crippen LogP contribution in [0.25, 0.3) is 22.4 Å². The number of nitrogens with two attached hydrogens (primary N) is 1. The molecule has 0 aliphatic carbocycles. The predicted molar refractivity (Wildman–Crippen MR) is 101 cm³/mol. The third kappa shape index (κ3) is 3.67. The molecule has 27 heavy (non-hydrogen) atoms. The van der Waals surface area contributed by atoms with Gasteiger partial charge in [0.2, 0.25) is 5.95 Å². The number of pyridine rings is 1. The van der Waals surface area contributed by atoms with Gasteiger partial charge in [0.25, 0.3) is 0 Å². The van der Waals surface area contributed by atoms with Crippen molar-refractivity contribution in [2.45, 2.75) is 6.92 Å². The van der Waals surface area contributed by atoms with Crippen molar-refractivity contribution >= 4 is 17.7 Å². The van der Waals surface area contributed by atoms with Gasteiger partial charge in [-0.1, -0.05) is 12.1 Å². The van der Waals surface area contributed by atoms with Gasteiger partial charge in [0.15, 0.2) is 0 Å². The van der Waals surface area contributed by atoms with E-state index in [0.717, 1.165) is 0 Å². The average Bonchev–Trinajstić information content (AvgIpc) is 2.68. The van der Waals surface area contributed by atoms with Gasteiger partial charge in [-0.05, 0) is 25.1 Å². The fourth-order valence-electron chi connectivity index (χ4n) is 2.59. The largest absolute Gasteiger partial charge is 0.478 e. The zero-order valence-corrected chi connectivity index (χ0v) is 14.5. The summed E-state index contributed by atoms with van der Waals surface area (Å²) >= 11 is 0. The Morgan fingerprint density at radius 1 is 1.26 bits per heavy atom. The number of nitrogens with one attached hydrogen (secondary N) is 1. The molecule has 0 saturated carbocycles. The Balaban J connectivity index is 2.13. The van der Waals surface area contributed by atoms with Crippen molar-refractivity contribution in [1.82, 2.24) is 15.0 Å². The number of carboxylic acids is 1. The summed E-state index contributed by atoms with van der Waals surface area (Å²) in [6.45, 7) is 2.63. The Labute approximate surface area is 155 Å². The van der Waals surface area contributed by atoms with Crippen LogP contribution in [-0.4, -0.2) is 32.6 Å². The fourth-order valence-corrected chi connectivity index (χ4v) is 2.59. The monoisotopic (exact) mass is 360 g/mol. The lowest BCUT2D eigenvalue weighted by Crippen LogP contribution is -2.03. The van der Waals surface area contributed by atoms with Crippen LogP contribution in [-0.2, 0) is 0 Å². The maximum Gasteiger partial charge on any atom is 0.335 e. The summed E-state index contributed by atoms with van der Waals surface area (Å²) in [7, 11) is 0. The smallest absolute Gasteiger partial charge is 0.335 e. The zero-order chi connectivity index (χ0) is 19.4. The van der Waals surface area contributed by atoms with Crippen molar-refractivity contribution in [3.05, 3.63) is 53.9 Å². The van der Waals surface area contributed by atoms with Gasteiger partial charge in [0, 0.05) is 35.6 Å². The summed E-state index contributed by atoms with van der Waals surface area (Å²) < 4.78 is 0. The number of benzene rings is 1. The van der Waals surface area contributed by atoms with Crippen LogP contribution in [0.15, 0.2) is 42.7 Å². The molecule has 8 nitrogen and oxygen atoms in total. The van der Waals surface area contributed by atoms with E-state index in [4.69, 9.17) is 5.73 Å². The molecule has 3 aromatic rings. The second-order valence-electron chi connectivity index (χ2n) is 5.64. The van der Waals surface area contributed by atoms with Gasteiger partial charge in [-0.15, -0.1) is 0 Å². The molecule has 0 aliphatic heterocycles. The Morgan fingerprint density at radius 3 is 2.63 bits per heavy atom. The minimum Gasteiger partial charge on any atom is -0.478 e. The summed E-state index contributed by atoms with van der Waals surface area (Å²) in [5, 5.41) is 21.7. The van der Waals surface area contributed by atoms with Gasteiger partial charge in [0.1, 0.15) is 17.5 Å².